The Hall–Kier alpha value is -3.06. The van der Waals surface area contributed by atoms with E-state index in [2.05, 4.69) is 46.5 Å². The molecule has 0 atom stereocenters. The number of thioether (sulfide) groups is 1. The molecule has 3 rings (SSSR count). The highest BCUT2D eigenvalue weighted by molar-refractivity contribution is 8.18. The Labute approximate surface area is 212 Å². The summed E-state index contributed by atoms with van der Waals surface area (Å²) in [4.78, 5) is 31.6. The number of phenolic OH excluding ortho intramolecular Hbond substituents is 1. The van der Waals surface area contributed by atoms with Crippen molar-refractivity contribution in [3.8, 4) is 5.75 Å². The Balaban J connectivity index is 1.96. The molecule has 0 spiro atoms. The number of rotatable bonds is 4. The van der Waals surface area contributed by atoms with Gasteiger partial charge in [0.25, 0.3) is 5.91 Å². The molecule has 0 aromatic heterocycles. The lowest BCUT2D eigenvalue weighted by atomic mass is 9.78. The van der Waals surface area contributed by atoms with Crippen LogP contribution in [-0.2, 0) is 20.4 Å². The number of hydrogen-bond donors (Lipinski definition) is 1. The molecule has 6 nitrogen and oxygen atoms in total. The van der Waals surface area contributed by atoms with E-state index in [1.54, 1.807) is 38.2 Å². The zero-order chi connectivity index (χ0) is 26.1. The van der Waals surface area contributed by atoms with Crippen molar-refractivity contribution in [2.75, 3.05) is 13.7 Å². The average Bonchev–Trinajstić information content (AvgIpc) is 3.01. The number of carbonyl (C=O) groups excluding carboxylic acids is 2. The van der Waals surface area contributed by atoms with E-state index in [0.717, 1.165) is 16.7 Å². The molecule has 0 radical (unpaired) electrons. The number of benzene rings is 2. The van der Waals surface area contributed by atoms with Gasteiger partial charge < -0.3 is 9.84 Å². The summed E-state index contributed by atoms with van der Waals surface area (Å²) in [7, 11) is 1.69. The fourth-order valence-electron chi connectivity index (χ4n) is 3.68. The molecule has 1 fully saturated rings. The molecule has 2 aromatic carbocycles. The van der Waals surface area contributed by atoms with Crippen molar-refractivity contribution in [2.24, 2.45) is 4.99 Å². The van der Waals surface area contributed by atoms with E-state index in [1.807, 2.05) is 18.2 Å². The van der Waals surface area contributed by atoms with Gasteiger partial charge in [-0.3, -0.25) is 9.69 Å². The summed E-state index contributed by atoms with van der Waals surface area (Å²) in [5, 5.41) is 11.5. The second-order valence-electron chi connectivity index (χ2n) is 10.6. The minimum atomic E-state index is -0.377. The van der Waals surface area contributed by atoms with Crippen LogP contribution in [0.3, 0.4) is 0 Å². The van der Waals surface area contributed by atoms with Crippen LogP contribution in [0.25, 0.3) is 6.08 Å². The number of esters is 1. The summed E-state index contributed by atoms with van der Waals surface area (Å²) in [5.41, 5.74) is 3.12. The number of aliphatic imine (C=N–C) groups is 1. The predicted molar refractivity (Wildman–Crippen MR) is 143 cm³/mol. The number of carbonyl (C=O) groups is 2. The Morgan fingerprint density at radius 3 is 2.09 bits per heavy atom. The third kappa shape index (κ3) is 5.96. The van der Waals surface area contributed by atoms with E-state index in [1.165, 1.54) is 16.7 Å². The van der Waals surface area contributed by atoms with Crippen molar-refractivity contribution in [3.63, 3.8) is 0 Å². The Kier molecular flexibility index (Phi) is 7.50. The first-order chi connectivity index (χ1) is 16.2. The van der Waals surface area contributed by atoms with E-state index in [4.69, 9.17) is 4.74 Å². The van der Waals surface area contributed by atoms with Gasteiger partial charge in [-0.25, -0.2) is 9.79 Å². The summed E-state index contributed by atoms with van der Waals surface area (Å²) in [5.74, 6) is -0.208. The van der Waals surface area contributed by atoms with Gasteiger partial charge in [0, 0.05) is 18.2 Å². The lowest BCUT2D eigenvalue weighted by Gasteiger charge is -2.28. The van der Waals surface area contributed by atoms with Gasteiger partial charge in [0.2, 0.25) is 0 Å². The van der Waals surface area contributed by atoms with E-state index < -0.39 is 0 Å². The van der Waals surface area contributed by atoms with Gasteiger partial charge in [0.05, 0.1) is 22.8 Å². The molecule has 1 N–H and O–H groups in total. The second kappa shape index (κ2) is 9.90. The molecule has 1 aliphatic heterocycles. The van der Waals surface area contributed by atoms with Crippen LogP contribution < -0.4 is 0 Å². The first-order valence-corrected chi connectivity index (χ1v) is 12.5. The maximum atomic E-state index is 13.0. The maximum Gasteiger partial charge on any atom is 0.338 e. The van der Waals surface area contributed by atoms with Crippen LogP contribution in [0.2, 0.25) is 0 Å². The van der Waals surface area contributed by atoms with Gasteiger partial charge in [0.1, 0.15) is 5.75 Å². The highest BCUT2D eigenvalue weighted by atomic mass is 32.2. The van der Waals surface area contributed by atoms with Crippen molar-refractivity contribution >= 4 is 40.6 Å². The number of amides is 1. The van der Waals surface area contributed by atoms with Crippen LogP contribution >= 0.6 is 11.8 Å². The van der Waals surface area contributed by atoms with Crippen LogP contribution in [0, 0.1) is 0 Å². The first-order valence-electron chi connectivity index (χ1n) is 11.6. The molecular formula is C28H34N2O4S. The zero-order valence-electron chi connectivity index (χ0n) is 21.7. The van der Waals surface area contributed by atoms with Crippen LogP contribution in [0.1, 0.15) is 75.5 Å². The predicted octanol–water partition coefficient (Wildman–Crippen LogP) is 6.40. The van der Waals surface area contributed by atoms with Crippen molar-refractivity contribution in [2.45, 2.75) is 59.3 Å². The number of likely N-dealkylation sites (N-methyl/N-ethyl adjacent to an activating group) is 1. The SMILES string of the molecule is CCOC(=O)c1ccc(N=C2SC(=Cc3cc(C(C)(C)C)c(O)c(C(C)(C)C)c3)C(=O)N2C)cc1. The van der Waals surface area contributed by atoms with Crippen molar-refractivity contribution in [1.29, 1.82) is 0 Å². The van der Waals surface area contributed by atoms with Gasteiger partial charge in [0.15, 0.2) is 5.17 Å². The van der Waals surface area contributed by atoms with Gasteiger partial charge in [-0.1, -0.05) is 41.5 Å². The second-order valence-corrected chi connectivity index (χ2v) is 11.6. The van der Waals surface area contributed by atoms with E-state index in [-0.39, 0.29) is 22.7 Å². The number of amidine groups is 1. The molecule has 0 saturated carbocycles. The number of nitrogens with zero attached hydrogens (tertiary/aromatic N) is 2. The first kappa shape index (κ1) is 26.5. The highest BCUT2D eigenvalue weighted by Crippen LogP contribution is 2.41. The van der Waals surface area contributed by atoms with Gasteiger partial charge in [-0.15, -0.1) is 0 Å². The summed E-state index contributed by atoms with van der Waals surface area (Å²) in [6, 6.07) is 10.7. The molecule has 35 heavy (non-hydrogen) atoms. The van der Waals surface area contributed by atoms with E-state index >= 15 is 0 Å². The molecular weight excluding hydrogens is 460 g/mol. The normalized spacial score (nSPS) is 16.9. The van der Waals surface area contributed by atoms with Gasteiger partial charge >= 0.3 is 5.97 Å². The summed E-state index contributed by atoms with van der Waals surface area (Å²) >= 11 is 1.30. The van der Waals surface area contributed by atoms with Crippen molar-refractivity contribution in [3.05, 3.63) is 63.6 Å². The minimum Gasteiger partial charge on any atom is -0.507 e. The zero-order valence-corrected chi connectivity index (χ0v) is 22.5. The molecule has 1 amide bonds. The van der Waals surface area contributed by atoms with Gasteiger partial charge in [-0.2, -0.15) is 0 Å². The Bertz CT molecular complexity index is 1160. The Morgan fingerprint density at radius 2 is 1.60 bits per heavy atom. The summed E-state index contributed by atoms with van der Waals surface area (Å²) < 4.78 is 5.01. The maximum absolute atomic E-state index is 13.0. The topological polar surface area (TPSA) is 79.2 Å². The molecule has 1 aliphatic rings. The highest BCUT2D eigenvalue weighted by Gasteiger charge is 2.31. The Morgan fingerprint density at radius 1 is 1.06 bits per heavy atom. The quantitative estimate of drug-likeness (QED) is 0.393. The number of ether oxygens (including phenoxy) is 1. The van der Waals surface area contributed by atoms with E-state index in [0.29, 0.717) is 33.7 Å². The van der Waals surface area contributed by atoms with Gasteiger partial charge in [-0.05, 0) is 77.6 Å². The molecule has 186 valence electrons. The fourth-order valence-corrected chi connectivity index (χ4v) is 4.67. The number of phenols is 1. The van der Waals surface area contributed by atoms with Crippen LogP contribution in [0.5, 0.6) is 5.75 Å². The third-order valence-electron chi connectivity index (χ3n) is 5.65. The summed E-state index contributed by atoms with van der Waals surface area (Å²) in [6.45, 7) is 14.5. The molecule has 0 bridgehead atoms. The number of hydrogen-bond acceptors (Lipinski definition) is 6. The van der Waals surface area contributed by atoms with Crippen LogP contribution in [0.4, 0.5) is 5.69 Å². The smallest absolute Gasteiger partial charge is 0.338 e. The molecule has 2 aromatic rings. The van der Waals surface area contributed by atoms with Crippen molar-refractivity contribution < 1.29 is 19.4 Å². The molecule has 1 heterocycles. The van der Waals surface area contributed by atoms with Crippen LogP contribution in [0.15, 0.2) is 46.3 Å². The largest absolute Gasteiger partial charge is 0.507 e. The van der Waals surface area contributed by atoms with E-state index in [9.17, 15) is 14.7 Å². The lowest BCUT2D eigenvalue weighted by Crippen LogP contribution is -2.23. The average molecular weight is 495 g/mol. The van der Waals surface area contributed by atoms with Crippen molar-refractivity contribution in [1.82, 2.24) is 4.90 Å². The summed E-state index contributed by atoms with van der Waals surface area (Å²) in [6.07, 6.45) is 1.86. The minimum absolute atomic E-state index is 0.139. The molecule has 7 heteroatoms. The molecule has 1 saturated heterocycles. The third-order valence-corrected chi connectivity index (χ3v) is 6.71. The molecule has 0 unspecified atom stereocenters. The lowest BCUT2D eigenvalue weighted by molar-refractivity contribution is -0.121. The molecule has 0 aliphatic carbocycles. The standard InChI is InChI=1S/C28H34N2O4S/c1-9-34-25(33)18-10-12-19(13-11-18)29-26-30(8)24(32)22(35-26)16-17-14-20(27(2,3)4)23(31)21(15-17)28(5,6)7/h10-16,31H,9H2,1-8H3. The number of aromatic hydroxyl groups is 1. The monoisotopic (exact) mass is 494 g/mol. The van der Waals surface area contributed by atoms with Crippen LogP contribution in [-0.4, -0.2) is 40.7 Å². The fraction of sp³-hybridized carbons (Fsp3) is 0.393.